The summed E-state index contributed by atoms with van der Waals surface area (Å²) >= 11 is 0. The zero-order valence-electron chi connectivity index (χ0n) is 20.1. The number of aliphatic hydroxyl groups excluding tert-OH is 7. The zero-order chi connectivity index (χ0) is 26.6. The summed E-state index contributed by atoms with van der Waals surface area (Å²) in [6, 6.07) is 3.18. The third kappa shape index (κ3) is 6.08. The number of rotatable bonds is 9. The molecule has 10 atom stereocenters. The Bertz CT molecular complexity index is 855. The summed E-state index contributed by atoms with van der Waals surface area (Å²) in [5, 5.41) is 70.2. The first-order chi connectivity index (χ1) is 17.1. The monoisotopic (exact) mass is 518 g/mol. The normalized spacial score (nSPS) is 37.2. The first kappa shape index (κ1) is 28.5. The van der Waals surface area contributed by atoms with Crippen LogP contribution in [0.25, 0.3) is 6.08 Å². The summed E-state index contributed by atoms with van der Waals surface area (Å²) in [6.07, 6.45) is -11.2. The molecule has 36 heavy (non-hydrogen) atoms. The molecule has 0 radical (unpaired) electrons. The average Bonchev–Trinajstić information content (AvgIpc) is 2.88. The SMILES string of the molecule is COc1cc(C=CCO)cc(OC)c1O[C@@H]1O[C@H](CO[C@@H]2O[C@@H](C)[C@H](O)[C@@H](O)[C@H]2O)[C@@H](O)[C@H](O)[C@H]1O. The van der Waals surface area contributed by atoms with Gasteiger partial charge in [-0.15, -0.1) is 0 Å². The van der Waals surface area contributed by atoms with E-state index in [0.717, 1.165) is 0 Å². The maximum atomic E-state index is 10.5. The average molecular weight is 519 g/mol. The van der Waals surface area contributed by atoms with Crippen LogP contribution in [0, 0.1) is 0 Å². The molecule has 7 N–H and O–H groups in total. The molecule has 1 aromatic rings. The van der Waals surface area contributed by atoms with Gasteiger partial charge < -0.3 is 64.2 Å². The van der Waals surface area contributed by atoms with Gasteiger partial charge in [0, 0.05) is 0 Å². The smallest absolute Gasteiger partial charge is 0.229 e. The number of hydrogen-bond acceptors (Lipinski definition) is 13. The van der Waals surface area contributed by atoms with Crippen molar-refractivity contribution in [2.24, 2.45) is 0 Å². The summed E-state index contributed by atoms with van der Waals surface area (Å²) in [5.41, 5.74) is 0.629. The van der Waals surface area contributed by atoms with E-state index in [4.69, 9.17) is 33.5 Å². The number of methoxy groups -OCH3 is 2. The Morgan fingerprint density at radius 3 is 1.97 bits per heavy atom. The lowest BCUT2D eigenvalue weighted by atomic mass is 9.98. The molecule has 2 aliphatic heterocycles. The van der Waals surface area contributed by atoms with Crippen LogP contribution in [0.3, 0.4) is 0 Å². The Morgan fingerprint density at radius 2 is 1.39 bits per heavy atom. The predicted molar refractivity (Wildman–Crippen MR) is 121 cm³/mol. The molecule has 1 aromatic carbocycles. The van der Waals surface area contributed by atoms with Gasteiger partial charge in [0.05, 0.1) is 33.5 Å². The van der Waals surface area contributed by atoms with E-state index in [2.05, 4.69) is 0 Å². The van der Waals surface area contributed by atoms with Crippen LogP contribution in [0.5, 0.6) is 17.2 Å². The van der Waals surface area contributed by atoms with Crippen LogP contribution >= 0.6 is 0 Å². The highest BCUT2D eigenvalue weighted by atomic mass is 16.7. The van der Waals surface area contributed by atoms with E-state index in [-0.39, 0.29) is 23.9 Å². The van der Waals surface area contributed by atoms with Crippen LogP contribution < -0.4 is 14.2 Å². The lowest BCUT2D eigenvalue weighted by molar-refractivity contribution is -0.318. The molecule has 13 heteroatoms. The molecule has 2 heterocycles. The topological polar surface area (TPSA) is 197 Å². The second kappa shape index (κ2) is 12.5. The molecule has 2 saturated heterocycles. The summed E-state index contributed by atoms with van der Waals surface area (Å²) in [4.78, 5) is 0. The van der Waals surface area contributed by atoms with Gasteiger partial charge in [0.1, 0.15) is 42.7 Å². The van der Waals surface area contributed by atoms with Crippen molar-refractivity contribution in [2.75, 3.05) is 27.4 Å². The van der Waals surface area contributed by atoms with Crippen molar-refractivity contribution in [1.29, 1.82) is 0 Å². The molecular formula is C23H34O13. The van der Waals surface area contributed by atoms with Gasteiger partial charge in [0.15, 0.2) is 17.8 Å². The Balaban J connectivity index is 1.76. The van der Waals surface area contributed by atoms with Gasteiger partial charge >= 0.3 is 0 Å². The maximum absolute atomic E-state index is 10.5. The molecule has 0 saturated carbocycles. The molecule has 0 aromatic heterocycles. The van der Waals surface area contributed by atoms with E-state index >= 15 is 0 Å². The van der Waals surface area contributed by atoms with Crippen molar-refractivity contribution < 1.29 is 64.2 Å². The summed E-state index contributed by atoms with van der Waals surface area (Å²) < 4.78 is 33.0. The van der Waals surface area contributed by atoms with Crippen molar-refractivity contribution >= 4 is 6.08 Å². The van der Waals surface area contributed by atoms with Crippen molar-refractivity contribution in [3.8, 4) is 17.2 Å². The third-order valence-corrected chi connectivity index (χ3v) is 6.03. The van der Waals surface area contributed by atoms with Gasteiger partial charge in [-0.25, -0.2) is 0 Å². The highest BCUT2D eigenvalue weighted by Gasteiger charge is 2.47. The lowest BCUT2D eigenvalue weighted by Crippen LogP contribution is -2.61. The second-order valence-corrected chi connectivity index (χ2v) is 8.49. The number of benzene rings is 1. The van der Waals surface area contributed by atoms with E-state index in [1.54, 1.807) is 18.2 Å². The molecular weight excluding hydrogens is 484 g/mol. The van der Waals surface area contributed by atoms with Crippen LogP contribution in [0.2, 0.25) is 0 Å². The first-order valence-corrected chi connectivity index (χ1v) is 11.3. The summed E-state index contributed by atoms with van der Waals surface area (Å²) in [7, 11) is 2.77. The Hall–Kier alpha value is -2.04. The largest absolute Gasteiger partial charge is 0.493 e. The van der Waals surface area contributed by atoms with Gasteiger partial charge in [-0.05, 0) is 24.6 Å². The Morgan fingerprint density at radius 1 is 0.806 bits per heavy atom. The van der Waals surface area contributed by atoms with E-state index in [1.165, 1.54) is 27.2 Å². The fraction of sp³-hybridized carbons (Fsp3) is 0.652. The molecule has 3 rings (SSSR count). The van der Waals surface area contributed by atoms with Crippen molar-refractivity contribution in [1.82, 2.24) is 0 Å². The molecule has 0 aliphatic carbocycles. The van der Waals surface area contributed by atoms with Crippen LogP contribution in [-0.2, 0) is 14.2 Å². The highest BCUT2D eigenvalue weighted by molar-refractivity contribution is 5.62. The van der Waals surface area contributed by atoms with Crippen molar-refractivity contribution in [3.63, 3.8) is 0 Å². The maximum Gasteiger partial charge on any atom is 0.229 e. The molecule has 0 spiro atoms. The Labute approximate surface area is 207 Å². The van der Waals surface area contributed by atoms with Crippen molar-refractivity contribution in [2.45, 2.75) is 68.3 Å². The predicted octanol–water partition coefficient (Wildman–Crippen LogP) is -2.26. The van der Waals surface area contributed by atoms with Crippen molar-refractivity contribution in [3.05, 3.63) is 23.8 Å². The number of ether oxygens (including phenoxy) is 6. The van der Waals surface area contributed by atoms with E-state index < -0.39 is 68.0 Å². The molecule has 0 bridgehead atoms. The quantitative estimate of drug-likeness (QED) is 0.185. The van der Waals surface area contributed by atoms with Crippen LogP contribution in [-0.4, -0.2) is 125 Å². The molecule has 13 nitrogen and oxygen atoms in total. The second-order valence-electron chi connectivity index (χ2n) is 8.49. The zero-order valence-corrected chi connectivity index (χ0v) is 20.1. The number of hydrogen-bond donors (Lipinski definition) is 7. The molecule has 2 fully saturated rings. The molecule has 0 unspecified atom stereocenters. The van der Waals surface area contributed by atoms with Gasteiger partial charge in [-0.1, -0.05) is 12.2 Å². The van der Waals surface area contributed by atoms with Gasteiger partial charge in [0.25, 0.3) is 0 Å². The lowest BCUT2D eigenvalue weighted by Gasteiger charge is -2.42. The van der Waals surface area contributed by atoms with E-state index in [1.807, 2.05) is 0 Å². The number of aliphatic hydroxyl groups is 7. The minimum atomic E-state index is -1.69. The van der Waals surface area contributed by atoms with Crippen LogP contribution in [0.4, 0.5) is 0 Å². The molecule has 204 valence electrons. The minimum Gasteiger partial charge on any atom is -0.493 e. The standard InChI is InChI=1S/C23H34O13/c1-10-15(25)17(27)19(29)22(34-10)33-9-14-16(26)18(28)20(30)23(35-14)36-21-12(31-2)7-11(5-4-6-24)8-13(21)32-3/h4-5,7-8,10,14-20,22-30H,6,9H2,1-3H3/t10-,14+,15-,16+,17+,18-,19+,20+,22+,23-/m0/s1. The third-order valence-electron chi connectivity index (χ3n) is 6.03. The fourth-order valence-electron chi connectivity index (χ4n) is 3.91. The molecule has 2 aliphatic rings. The van der Waals surface area contributed by atoms with E-state index in [9.17, 15) is 30.6 Å². The van der Waals surface area contributed by atoms with Gasteiger partial charge in [0.2, 0.25) is 12.0 Å². The van der Waals surface area contributed by atoms with E-state index in [0.29, 0.717) is 5.56 Å². The fourth-order valence-corrected chi connectivity index (χ4v) is 3.91. The first-order valence-electron chi connectivity index (χ1n) is 11.3. The summed E-state index contributed by atoms with van der Waals surface area (Å²) in [6.45, 7) is 0.884. The van der Waals surface area contributed by atoms with Gasteiger partial charge in [-0.2, -0.15) is 0 Å². The summed E-state index contributed by atoms with van der Waals surface area (Å²) in [5.74, 6) is 0.457. The van der Waals surface area contributed by atoms with Gasteiger partial charge in [-0.3, -0.25) is 0 Å². The van der Waals surface area contributed by atoms with Crippen LogP contribution in [0.1, 0.15) is 12.5 Å². The minimum absolute atomic E-state index is 0.0467. The molecule has 0 amide bonds. The highest BCUT2D eigenvalue weighted by Crippen LogP contribution is 2.41. The van der Waals surface area contributed by atoms with Crippen LogP contribution in [0.15, 0.2) is 18.2 Å². The Kier molecular flexibility index (Phi) is 9.88.